The van der Waals surface area contributed by atoms with E-state index in [2.05, 4.69) is 17.0 Å². The third-order valence-corrected chi connectivity index (χ3v) is 5.82. The predicted octanol–water partition coefficient (Wildman–Crippen LogP) is 4.03. The van der Waals surface area contributed by atoms with Crippen molar-refractivity contribution in [3.8, 4) is 17.0 Å². The van der Waals surface area contributed by atoms with Crippen LogP contribution in [-0.4, -0.2) is 53.5 Å². The zero-order chi connectivity index (χ0) is 20.5. The second-order valence-corrected chi connectivity index (χ2v) is 7.83. The molecule has 0 spiro atoms. The number of aromatic nitrogens is 2. The fourth-order valence-electron chi connectivity index (χ4n) is 3.88. The fourth-order valence-corrected chi connectivity index (χ4v) is 4.12. The van der Waals surface area contributed by atoms with Crippen molar-refractivity contribution in [1.82, 2.24) is 14.3 Å². The van der Waals surface area contributed by atoms with Crippen molar-refractivity contribution in [2.45, 2.75) is 20.3 Å². The minimum absolute atomic E-state index is 0.147. The number of benzene rings is 1. The van der Waals surface area contributed by atoms with Crippen LogP contribution in [0.15, 0.2) is 36.7 Å². The Balaban J connectivity index is 1.63. The summed E-state index contributed by atoms with van der Waals surface area (Å²) in [7, 11) is 1.62. The molecule has 0 aliphatic carbocycles. The third kappa shape index (κ3) is 3.90. The quantitative estimate of drug-likeness (QED) is 0.651. The molecule has 0 radical (unpaired) electrons. The lowest BCUT2D eigenvalue weighted by Gasteiger charge is -2.23. The van der Waals surface area contributed by atoms with Gasteiger partial charge in [-0.25, -0.2) is 4.98 Å². The molecule has 152 valence electrons. The van der Waals surface area contributed by atoms with Crippen LogP contribution in [0.25, 0.3) is 16.9 Å². The van der Waals surface area contributed by atoms with Gasteiger partial charge in [0.2, 0.25) is 5.91 Å². The van der Waals surface area contributed by atoms with Crippen LogP contribution in [0.5, 0.6) is 5.75 Å². The molecule has 0 saturated carbocycles. The van der Waals surface area contributed by atoms with Gasteiger partial charge in [-0.05, 0) is 37.1 Å². The maximum absolute atomic E-state index is 11.7. The summed E-state index contributed by atoms with van der Waals surface area (Å²) in [4.78, 5) is 20.8. The van der Waals surface area contributed by atoms with Gasteiger partial charge in [0.1, 0.15) is 11.4 Å². The van der Waals surface area contributed by atoms with Gasteiger partial charge in [0.05, 0.1) is 17.8 Å². The van der Waals surface area contributed by atoms with Crippen molar-refractivity contribution in [2.75, 3.05) is 38.2 Å². The zero-order valence-electron chi connectivity index (χ0n) is 17.0. The Morgan fingerprint density at radius 1 is 1.17 bits per heavy atom. The molecular formula is C22H25ClN4O2. The monoisotopic (exact) mass is 412 g/mol. The van der Waals surface area contributed by atoms with Crippen LogP contribution < -0.4 is 9.64 Å². The number of aryl methyl sites for hydroxylation is 1. The van der Waals surface area contributed by atoms with Crippen LogP contribution in [0.3, 0.4) is 0 Å². The van der Waals surface area contributed by atoms with Gasteiger partial charge >= 0.3 is 0 Å². The molecule has 0 unspecified atom stereocenters. The van der Waals surface area contributed by atoms with Gasteiger partial charge in [-0.2, -0.15) is 0 Å². The number of hydrogen-bond acceptors (Lipinski definition) is 4. The summed E-state index contributed by atoms with van der Waals surface area (Å²) in [5, 5.41) is 0.574. The van der Waals surface area contributed by atoms with Crippen LogP contribution >= 0.6 is 11.6 Å². The topological polar surface area (TPSA) is 50.1 Å². The molecule has 1 amide bonds. The maximum Gasteiger partial charge on any atom is 0.219 e. The van der Waals surface area contributed by atoms with Crippen LogP contribution in [0.2, 0.25) is 5.02 Å². The molecule has 0 N–H and O–H groups in total. The van der Waals surface area contributed by atoms with Crippen molar-refractivity contribution < 1.29 is 9.53 Å². The molecule has 6 nitrogen and oxygen atoms in total. The molecule has 4 rings (SSSR count). The summed E-state index contributed by atoms with van der Waals surface area (Å²) in [6.45, 7) is 7.00. The zero-order valence-corrected chi connectivity index (χ0v) is 17.7. The molecule has 2 aromatic heterocycles. The van der Waals surface area contributed by atoms with E-state index >= 15 is 0 Å². The number of anilines is 1. The molecule has 7 heteroatoms. The Morgan fingerprint density at radius 3 is 2.76 bits per heavy atom. The summed E-state index contributed by atoms with van der Waals surface area (Å²) in [6.07, 6.45) is 5.02. The lowest BCUT2D eigenvalue weighted by Crippen LogP contribution is -2.33. The van der Waals surface area contributed by atoms with Gasteiger partial charge < -0.3 is 18.9 Å². The molecule has 0 bridgehead atoms. The number of carbonyl (C=O) groups is 1. The first-order valence-corrected chi connectivity index (χ1v) is 10.2. The molecule has 1 aromatic carbocycles. The Morgan fingerprint density at radius 2 is 2.00 bits per heavy atom. The first-order valence-electron chi connectivity index (χ1n) is 9.80. The molecular weight excluding hydrogens is 388 g/mol. The van der Waals surface area contributed by atoms with E-state index in [9.17, 15) is 4.79 Å². The van der Waals surface area contributed by atoms with Gasteiger partial charge in [-0.15, -0.1) is 0 Å². The molecule has 3 heterocycles. The summed E-state index contributed by atoms with van der Waals surface area (Å²) < 4.78 is 7.33. The summed E-state index contributed by atoms with van der Waals surface area (Å²) in [5.74, 6) is 0.813. The molecule has 29 heavy (non-hydrogen) atoms. The highest BCUT2D eigenvalue weighted by atomic mass is 35.5. The highest BCUT2D eigenvalue weighted by Crippen LogP contribution is 2.33. The van der Waals surface area contributed by atoms with Crippen molar-refractivity contribution in [3.63, 3.8) is 0 Å². The largest absolute Gasteiger partial charge is 0.495 e. The second-order valence-electron chi connectivity index (χ2n) is 7.42. The number of carbonyl (C=O) groups excluding carboxylic acids is 1. The standard InChI is InChI=1S/C22H25ClN4O2/c1-15-11-21(29-3)19(23)13-18(15)20-14-27-8-5-17(12-22(27)24-20)26-7-4-6-25(9-10-26)16(2)28/h5,8,11-14H,4,6-7,9-10H2,1-3H3. The molecule has 3 aromatic rings. The molecule has 1 fully saturated rings. The number of ether oxygens (including phenoxy) is 1. The number of rotatable bonds is 3. The first kappa shape index (κ1) is 19.6. The number of imidazole rings is 1. The Bertz CT molecular complexity index is 1060. The number of methoxy groups -OCH3 is 1. The molecule has 1 aliphatic rings. The van der Waals surface area contributed by atoms with Crippen molar-refractivity contribution >= 4 is 28.8 Å². The Kier molecular flexibility index (Phi) is 5.37. The summed E-state index contributed by atoms with van der Waals surface area (Å²) >= 11 is 6.33. The average molecular weight is 413 g/mol. The van der Waals surface area contributed by atoms with E-state index in [0.29, 0.717) is 10.8 Å². The summed E-state index contributed by atoms with van der Waals surface area (Å²) in [5.41, 5.74) is 4.95. The van der Waals surface area contributed by atoms with E-state index in [0.717, 1.165) is 60.8 Å². The van der Waals surface area contributed by atoms with Crippen molar-refractivity contribution in [2.24, 2.45) is 0 Å². The smallest absolute Gasteiger partial charge is 0.219 e. The normalized spacial score (nSPS) is 14.9. The third-order valence-electron chi connectivity index (χ3n) is 5.52. The Hall–Kier alpha value is -2.73. The minimum atomic E-state index is 0.147. The van der Waals surface area contributed by atoms with Gasteiger partial charge in [0, 0.05) is 62.8 Å². The average Bonchev–Trinajstić information content (AvgIpc) is 2.96. The number of amides is 1. The summed E-state index contributed by atoms with van der Waals surface area (Å²) in [6, 6.07) is 8.05. The van der Waals surface area contributed by atoms with E-state index < -0.39 is 0 Å². The first-order chi connectivity index (χ1) is 14.0. The second kappa shape index (κ2) is 7.95. The molecule has 1 aliphatic heterocycles. The SMILES string of the molecule is COc1cc(C)c(-c2cn3ccc(N4CCCN(C(C)=O)CC4)cc3n2)cc1Cl. The van der Waals surface area contributed by atoms with Gasteiger partial charge in [0.15, 0.2) is 0 Å². The van der Waals surface area contributed by atoms with Crippen LogP contribution in [-0.2, 0) is 4.79 Å². The maximum atomic E-state index is 11.7. The lowest BCUT2D eigenvalue weighted by atomic mass is 10.1. The van der Waals surface area contributed by atoms with Crippen LogP contribution in [0, 0.1) is 6.92 Å². The number of halogens is 1. The number of nitrogens with zero attached hydrogens (tertiary/aromatic N) is 4. The highest BCUT2D eigenvalue weighted by molar-refractivity contribution is 6.32. The van der Waals surface area contributed by atoms with E-state index in [4.69, 9.17) is 21.3 Å². The predicted molar refractivity (Wildman–Crippen MR) is 116 cm³/mol. The number of fused-ring (bicyclic) bond motifs is 1. The van der Waals surface area contributed by atoms with Crippen molar-refractivity contribution in [1.29, 1.82) is 0 Å². The van der Waals surface area contributed by atoms with Gasteiger partial charge in [-0.3, -0.25) is 4.79 Å². The van der Waals surface area contributed by atoms with E-state index in [-0.39, 0.29) is 5.91 Å². The number of hydrogen-bond donors (Lipinski definition) is 0. The highest BCUT2D eigenvalue weighted by Gasteiger charge is 2.18. The van der Waals surface area contributed by atoms with E-state index in [1.165, 1.54) is 0 Å². The van der Waals surface area contributed by atoms with Gasteiger partial charge in [0.25, 0.3) is 0 Å². The van der Waals surface area contributed by atoms with E-state index in [1.807, 2.05) is 40.8 Å². The van der Waals surface area contributed by atoms with Crippen molar-refractivity contribution in [3.05, 3.63) is 47.2 Å². The fraction of sp³-hybridized carbons (Fsp3) is 0.364. The van der Waals surface area contributed by atoms with Gasteiger partial charge in [-0.1, -0.05) is 11.6 Å². The van der Waals surface area contributed by atoms with Crippen LogP contribution in [0.4, 0.5) is 5.69 Å². The Labute approximate surface area is 175 Å². The lowest BCUT2D eigenvalue weighted by molar-refractivity contribution is -0.128. The molecule has 1 saturated heterocycles. The van der Waals surface area contributed by atoms with Crippen LogP contribution in [0.1, 0.15) is 18.9 Å². The van der Waals surface area contributed by atoms with E-state index in [1.54, 1.807) is 14.0 Å². The number of pyridine rings is 1. The minimum Gasteiger partial charge on any atom is -0.495 e. The molecule has 0 atom stereocenters.